The molecular weight excluding hydrogens is 342 g/mol. The lowest BCUT2D eigenvalue weighted by molar-refractivity contribution is -0.121. The Morgan fingerprint density at radius 1 is 1.36 bits per heavy atom. The van der Waals surface area contributed by atoms with E-state index in [1.54, 1.807) is 11.8 Å². The van der Waals surface area contributed by atoms with Crippen LogP contribution >= 0.6 is 11.8 Å². The molecule has 0 atom stereocenters. The molecule has 0 spiro atoms. The van der Waals surface area contributed by atoms with Gasteiger partial charge < -0.3 is 19.5 Å². The number of amides is 2. The molecule has 2 rings (SSSR count). The molecule has 2 amide bonds. The summed E-state index contributed by atoms with van der Waals surface area (Å²) in [5.74, 6) is 0.798. The Bertz CT molecular complexity index is 586. The zero-order valence-electron chi connectivity index (χ0n) is 15.2. The van der Waals surface area contributed by atoms with Gasteiger partial charge in [0.15, 0.2) is 5.16 Å². The monoisotopic (exact) mass is 369 g/mol. The second kappa shape index (κ2) is 9.65. The van der Waals surface area contributed by atoms with E-state index in [9.17, 15) is 9.59 Å². The van der Waals surface area contributed by atoms with Crippen LogP contribution in [0.25, 0.3) is 0 Å². The summed E-state index contributed by atoms with van der Waals surface area (Å²) in [6.45, 7) is 0.529. The van der Waals surface area contributed by atoms with E-state index >= 15 is 0 Å². The van der Waals surface area contributed by atoms with Crippen LogP contribution in [0.1, 0.15) is 44.0 Å². The Morgan fingerprint density at radius 2 is 2.08 bits per heavy atom. The molecule has 1 aliphatic rings. The van der Waals surface area contributed by atoms with Gasteiger partial charge in [0, 0.05) is 26.1 Å². The predicted octanol–water partition coefficient (Wildman–Crippen LogP) is 1.86. The Labute approximate surface area is 152 Å². The first-order valence-corrected chi connectivity index (χ1v) is 9.82. The number of rotatable bonds is 8. The number of hydrogen-bond acceptors (Lipinski definition) is 6. The molecule has 1 saturated carbocycles. The van der Waals surface area contributed by atoms with E-state index in [1.165, 1.54) is 44.7 Å². The number of carbonyl (C=O) groups is 2. The smallest absolute Gasteiger partial charge is 0.409 e. The van der Waals surface area contributed by atoms with E-state index in [1.807, 2.05) is 6.26 Å². The molecule has 0 unspecified atom stereocenters. The molecule has 0 aliphatic heterocycles. The Kier molecular flexibility index (Phi) is 7.54. The topological polar surface area (TPSA) is 89.3 Å². The quantitative estimate of drug-likeness (QED) is 0.556. The summed E-state index contributed by atoms with van der Waals surface area (Å²) in [6, 6.07) is 0.510. The fourth-order valence-electron chi connectivity index (χ4n) is 3.11. The molecule has 0 radical (unpaired) electrons. The SMILES string of the molecule is COC(=O)N(C)CC(=O)NCCCc1nnc(SC)n1C1CCCC1. The normalized spacial score (nSPS) is 14.5. The molecular formula is C16H27N5O3S. The van der Waals surface area contributed by atoms with Crippen LogP contribution in [0.4, 0.5) is 4.79 Å². The zero-order valence-corrected chi connectivity index (χ0v) is 16.0. The predicted molar refractivity (Wildman–Crippen MR) is 95.7 cm³/mol. The molecule has 25 heavy (non-hydrogen) atoms. The van der Waals surface area contributed by atoms with E-state index in [0.717, 1.165) is 23.8 Å². The van der Waals surface area contributed by atoms with Gasteiger partial charge in [-0.3, -0.25) is 4.79 Å². The first kappa shape index (κ1) is 19.6. The first-order chi connectivity index (χ1) is 12.1. The van der Waals surface area contributed by atoms with Crippen LogP contribution in [0.2, 0.25) is 0 Å². The van der Waals surface area contributed by atoms with Gasteiger partial charge in [0.1, 0.15) is 12.4 Å². The van der Waals surface area contributed by atoms with Crippen LogP contribution in [0.15, 0.2) is 5.16 Å². The van der Waals surface area contributed by atoms with Crippen molar-refractivity contribution in [1.82, 2.24) is 25.0 Å². The maximum atomic E-state index is 11.8. The van der Waals surface area contributed by atoms with Gasteiger partial charge in [-0.1, -0.05) is 24.6 Å². The van der Waals surface area contributed by atoms with Crippen molar-refractivity contribution in [3.05, 3.63) is 5.82 Å². The number of aryl methyl sites for hydroxylation is 1. The highest BCUT2D eigenvalue weighted by atomic mass is 32.2. The third-order valence-electron chi connectivity index (χ3n) is 4.37. The van der Waals surface area contributed by atoms with Crippen molar-refractivity contribution in [3.8, 4) is 0 Å². The summed E-state index contributed by atoms with van der Waals surface area (Å²) in [5, 5.41) is 12.4. The van der Waals surface area contributed by atoms with Crippen molar-refractivity contribution in [2.45, 2.75) is 49.7 Å². The standard InChI is InChI=1S/C16H27N5O3S/c1-20(16(23)24-2)11-14(22)17-10-6-9-13-18-19-15(25-3)21(13)12-7-4-5-8-12/h12H,4-11H2,1-3H3,(H,17,22). The summed E-state index contributed by atoms with van der Waals surface area (Å²) in [7, 11) is 2.82. The third-order valence-corrected chi connectivity index (χ3v) is 5.02. The number of thioether (sulfide) groups is 1. The average molecular weight is 369 g/mol. The number of hydrogen-bond donors (Lipinski definition) is 1. The first-order valence-electron chi connectivity index (χ1n) is 8.60. The van der Waals surface area contributed by atoms with Crippen molar-refractivity contribution in [2.75, 3.05) is 33.5 Å². The molecule has 1 aliphatic carbocycles. The number of carbonyl (C=O) groups excluding carboxylic acids is 2. The largest absolute Gasteiger partial charge is 0.453 e. The summed E-state index contributed by atoms with van der Waals surface area (Å²) in [6.07, 6.45) is 7.97. The molecule has 1 fully saturated rings. The van der Waals surface area contributed by atoms with E-state index in [-0.39, 0.29) is 12.5 Å². The van der Waals surface area contributed by atoms with Crippen molar-refractivity contribution >= 4 is 23.8 Å². The number of ether oxygens (including phenoxy) is 1. The van der Waals surface area contributed by atoms with Gasteiger partial charge in [-0.2, -0.15) is 0 Å². The molecule has 0 bridgehead atoms. The summed E-state index contributed by atoms with van der Waals surface area (Å²) < 4.78 is 6.84. The molecule has 1 heterocycles. The van der Waals surface area contributed by atoms with Gasteiger partial charge in [0.2, 0.25) is 5.91 Å². The number of methoxy groups -OCH3 is 1. The highest BCUT2D eigenvalue weighted by Crippen LogP contribution is 2.33. The summed E-state index contributed by atoms with van der Waals surface area (Å²) >= 11 is 1.63. The fourth-order valence-corrected chi connectivity index (χ4v) is 3.69. The minimum atomic E-state index is -0.524. The van der Waals surface area contributed by atoms with Crippen molar-refractivity contribution in [2.24, 2.45) is 0 Å². The molecule has 8 nitrogen and oxygen atoms in total. The van der Waals surface area contributed by atoms with Crippen molar-refractivity contribution in [1.29, 1.82) is 0 Å². The Morgan fingerprint density at radius 3 is 2.72 bits per heavy atom. The van der Waals surface area contributed by atoms with Crippen LogP contribution in [-0.4, -0.2) is 65.2 Å². The van der Waals surface area contributed by atoms with E-state index in [0.29, 0.717) is 12.6 Å². The van der Waals surface area contributed by atoms with Gasteiger partial charge in [0.25, 0.3) is 0 Å². The lowest BCUT2D eigenvalue weighted by Crippen LogP contribution is -2.38. The minimum absolute atomic E-state index is 0.0123. The third kappa shape index (κ3) is 5.35. The van der Waals surface area contributed by atoms with Gasteiger partial charge in [0.05, 0.1) is 7.11 Å². The molecule has 1 N–H and O–H groups in total. The van der Waals surface area contributed by atoms with Crippen molar-refractivity contribution in [3.63, 3.8) is 0 Å². The van der Waals surface area contributed by atoms with Gasteiger partial charge >= 0.3 is 6.09 Å². The van der Waals surface area contributed by atoms with Crippen LogP contribution in [-0.2, 0) is 16.0 Å². The molecule has 1 aromatic heterocycles. The number of nitrogens with zero attached hydrogens (tertiary/aromatic N) is 4. The van der Waals surface area contributed by atoms with Crippen molar-refractivity contribution < 1.29 is 14.3 Å². The molecule has 0 aromatic carbocycles. The lowest BCUT2D eigenvalue weighted by atomic mass is 10.2. The van der Waals surface area contributed by atoms with E-state index < -0.39 is 6.09 Å². The molecule has 1 aromatic rings. The summed E-state index contributed by atoms with van der Waals surface area (Å²) in [4.78, 5) is 24.3. The average Bonchev–Trinajstić information content (AvgIpc) is 3.26. The molecule has 0 saturated heterocycles. The number of nitrogens with one attached hydrogen (secondary N) is 1. The lowest BCUT2D eigenvalue weighted by Gasteiger charge is -2.16. The second-order valence-electron chi connectivity index (χ2n) is 6.19. The van der Waals surface area contributed by atoms with Gasteiger partial charge in [-0.25, -0.2) is 4.79 Å². The molecule has 9 heteroatoms. The fraction of sp³-hybridized carbons (Fsp3) is 0.750. The van der Waals surface area contributed by atoms with E-state index in [4.69, 9.17) is 0 Å². The van der Waals surface area contributed by atoms with Gasteiger partial charge in [-0.15, -0.1) is 10.2 Å². The minimum Gasteiger partial charge on any atom is -0.453 e. The number of likely N-dealkylation sites (N-methyl/N-ethyl adjacent to an activating group) is 1. The van der Waals surface area contributed by atoms with Crippen LogP contribution in [0.3, 0.4) is 0 Å². The van der Waals surface area contributed by atoms with Crippen LogP contribution < -0.4 is 5.32 Å². The highest BCUT2D eigenvalue weighted by molar-refractivity contribution is 7.98. The highest BCUT2D eigenvalue weighted by Gasteiger charge is 2.23. The van der Waals surface area contributed by atoms with Crippen LogP contribution in [0.5, 0.6) is 0 Å². The Hall–Kier alpha value is -1.77. The zero-order chi connectivity index (χ0) is 18.2. The van der Waals surface area contributed by atoms with Gasteiger partial charge in [-0.05, 0) is 25.5 Å². The number of aromatic nitrogens is 3. The molecule has 140 valence electrons. The summed E-state index contributed by atoms with van der Waals surface area (Å²) in [5.41, 5.74) is 0. The maximum Gasteiger partial charge on any atom is 0.409 e. The second-order valence-corrected chi connectivity index (χ2v) is 6.96. The van der Waals surface area contributed by atoms with E-state index in [2.05, 4.69) is 24.8 Å². The Balaban J connectivity index is 1.79. The maximum absolute atomic E-state index is 11.8. The van der Waals surface area contributed by atoms with Crippen LogP contribution in [0, 0.1) is 0 Å².